The number of carbonyl (C=O) groups is 1. The van der Waals surface area contributed by atoms with E-state index in [0.29, 0.717) is 10.2 Å². The summed E-state index contributed by atoms with van der Waals surface area (Å²) in [5.41, 5.74) is 1.92. The van der Waals surface area contributed by atoms with Crippen molar-refractivity contribution in [2.45, 2.75) is 25.0 Å². The number of benzene rings is 2. The fourth-order valence-electron chi connectivity index (χ4n) is 2.71. The molecule has 0 spiro atoms. The normalized spacial score (nSPS) is 11.9. The van der Waals surface area contributed by atoms with Crippen LogP contribution in [0.2, 0.25) is 5.02 Å². The van der Waals surface area contributed by atoms with Crippen LogP contribution in [0.3, 0.4) is 0 Å². The van der Waals surface area contributed by atoms with E-state index in [2.05, 4.69) is 15.5 Å². The fraction of sp³-hybridized carbons (Fsp3) is 0.250. The van der Waals surface area contributed by atoms with Gasteiger partial charge in [-0.1, -0.05) is 35.5 Å². The van der Waals surface area contributed by atoms with E-state index in [0.717, 1.165) is 22.8 Å². The standard InChI is InChI=1S/C20H21ClN4O2S/c1-13(15-4-6-16(21)7-5-15)22-19(26)12-28-20-24-23-14(2)25(20)17-8-10-18(27-3)11-9-17/h4-11,13H,12H2,1-3H3,(H,22,26). The van der Waals surface area contributed by atoms with Crippen LogP contribution in [0.15, 0.2) is 53.7 Å². The highest BCUT2D eigenvalue weighted by Gasteiger charge is 2.15. The molecule has 0 bridgehead atoms. The highest BCUT2D eigenvalue weighted by molar-refractivity contribution is 7.99. The van der Waals surface area contributed by atoms with E-state index in [1.807, 2.05) is 66.9 Å². The van der Waals surface area contributed by atoms with Crippen molar-refractivity contribution in [1.29, 1.82) is 0 Å². The largest absolute Gasteiger partial charge is 0.497 e. The van der Waals surface area contributed by atoms with Crippen molar-refractivity contribution in [1.82, 2.24) is 20.1 Å². The molecule has 1 heterocycles. The van der Waals surface area contributed by atoms with Crippen molar-refractivity contribution in [3.05, 3.63) is 64.9 Å². The van der Waals surface area contributed by atoms with Crippen LogP contribution in [0, 0.1) is 6.92 Å². The first-order valence-electron chi connectivity index (χ1n) is 8.72. The van der Waals surface area contributed by atoms with Gasteiger partial charge in [0.1, 0.15) is 11.6 Å². The second-order valence-corrected chi connectivity index (χ2v) is 7.57. The van der Waals surface area contributed by atoms with Crippen LogP contribution in [0.4, 0.5) is 0 Å². The molecule has 1 aromatic heterocycles. The van der Waals surface area contributed by atoms with Crippen molar-refractivity contribution < 1.29 is 9.53 Å². The first-order valence-corrected chi connectivity index (χ1v) is 10.1. The molecule has 0 aliphatic rings. The number of hydrogen-bond acceptors (Lipinski definition) is 5. The van der Waals surface area contributed by atoms with Crippen LogP contribution < -0.4 is 10.1 Å². The van der Waals surface area contributed by atoms with Gasteiger partial charge in [-0.25, -0.2) is 0 Å². The number of rotatable bonds is 7. The minimum absolute atomic E-state index is 0.0746. The maximum Gasteiger partial charge on any atom is 0.230 e. The van der Waals surface area contributed by atoms with E-state index in [1.54, 1.807) is 7.11 Å². The van der Waals surface area contributed by atoms with Gasteiger partial charge in [0, 0.05) is 10.7 Å². The highest BCUT2D eigenvalue weighted by Crippen LogP contribution is 2.24. The summed E-state index contributed by atoms with van der Waals surface area (Å²) in [5.74, 6) is 1.70. The van der Waals surface area contributed by atoms with Crippen molar-refractivity contribution in [3.8, 4) is 11.4 Å². The average Bonchev–Trinajstić information content (AvgIpc) is 3.07. The van der Waals surface area contributed by atoms with E-state index in [4.69, 9.17) is 16.3 Å². The lowest BCUT2D eigenvalue weighted by atomic mass is 10.1. The Kier molecular flexibility index (Phi) is 6.59. The number of aromatic nitrogens is 3. The number of carbonyl (C=O) groups excluding carboxylic acids is 1. The zero-order chi connectivity index (χ0) is 20.1. The van der Waals surface area contributed by atoms with Crippen molar-refractivity contribution in [2.75, 3.05) is 12.9 Å². The third-order valence-electron chi connectivity index (χ3n) is 4.21. The number of aryl methyl sites for hydroxylation is 1. The molecule has 2 aromatic carbocycles. The van der Waals surface area contributed by atoms with E-state index < -0.39 is 0 Å². The lowest BCUT2D eigenvalue weighted by molar-refractivity contribution is -0.119. The van der Waals surface area contributed by atoms with Gasteiger partial charge in [0.05, 0.1) is 18.9 Å². The number of amides is 1. The molecule has 1 N–H and O–H groups in total. The van der Waals surface area contributed by atoms with Gasteiger partial charge in [-0.05, 0) is 55.8 Å². The Morgan fingerprint density at radius 1 is 1.18 bits per heavy atom. The SMILES string of the molecule is COc1ccc(-n2c(C)nnc2SCC(=O)NC(C)c2ccc(Cl)cc2)cc1. The van der Waals surface area contributed by atoms with E-state index in [9.17, 15) is 4.79 Å². The van der Waals surface area contributed by atoms with Gasteiger partial charge >= 0.3 is 0 Å². The van der Waals surface area contributed by atoms with E-state index in [-0.39, 0.29) is 17.7 Å². The van der Waals surface area contributed by atoms with Crippen molar-refractivity contribution in [2.24, 2.45) is 0 Å². The van der Waals surface area contributed by atoms with Gasteiger partial charge in [0.2, 0.25) is 5.91 Å². The van der Waals surface area contributed by atoms with Gasteiger partial charge < -0.3 is 10.1 Å². The second-order valence-electron chi connectivity index (χ2n) is 6.19. The van der Waals surface area contributed by atoms with Crippen LogP contribution >= 0.6 is 23.4 Å². The van der Waals surface area contributed by atoms with Gasteiger partial charge in [-0.15, -0.1) is 10.2 Å². The van der Waals surface area contributed by atoms with Crippen LogP contribution in [0.1, 0.15) is 24.4 Å². The number of nitrogens with one attached hydrogen (secondary N) is 1. The summed E-state index contributed by atoms with van der Waals surface area (Å²) in [6.45, 7) is 3.82. The summed E-state index contributed by atoms with van der Waals surface area (Å²) in [5, 5.41) is 12.7. The summed E-state index contributed by atoms with van der Waals surface area (Å²) in [7, 11) is 1.63. The predicted octanol–water partition coefficient (Wildman–Crippen LogP) is 4.21. The molecule has 146 valence electrons. The minimum atomic E-state index is -0.105. The molecule has 1 unspecified atom stereocenters. The number of thioether (sulfide) groups is 1. The lowest BCUT2D eigenvalue weighted by Gasteiger charge is -2.14. The van der Waals surface area contributed by atoms with Gasteiger partial charge in [0.25, 0.3) is 0 Å². The van der Waals surface area contributed by atoms with Gasteiger partial charge in [-0.2, -0.15) is 0 Å². The van der Waals surface area contributed by atoms with Gasteiger partial charge in [0.15, 0.2) is 5.16 Å². The summed E-state index contributed by atoms with van der Waals surface area (Å²) in [6.07, 6.45) is 0. The molecule has 1 amide bonds. The molecular formula is C20H21ClN4O2S. The molecule has 6 nitrogen and oxygen atoms in total. The van der Waals surface area contributed by atoms with Crippen LogP contribution in [0.5, 0.6) is 5.75 Å². The van der Waals surface area contributed by atoms with Crippen LogP contribution in [-0.4, -0.2) is 33.5 Å². The Bertz CT molecular complexity index is 942. The molecule has 0 saturated heterocycles. The minimum Gasteiger partial charge on any atom is -0.497 e. The van der Waals surface area contributed by atoms with Crippen molar-refractivity contribution in [3.63, 3.8) is 0 Å². The summed E-state index contributed by atoms with van der Waals surface area (Å²) in [6, 6.07) is 15.0. The third-order valence-corrected chi connectivity index (χ3v) is 5.39. The molecule has 8 heteroatoms. The Hall–Kier alpha value is -2.51. The molecule has 28 heavy (non-hydrogen) atoms. The first kappa shape index (κ1) is 20.2. The topological polar surface area (TPSA) is 69.0 Å². The summed E-state index contributed by atoms with van der Waals surface area (Å²) >= 11 is 7.26. The fourth-order valence-corrected chi connectivity index (χ4v) is 3.65. The number of halogens is 1. The third kappa shape index (κ3) is 4.85. The van der Waals surface area contributed by atoms with Crippen LogP contribution in [0.25, 0.3) is 5.69 Å². The Balaban J connectivity index is 1.64. The predicted molar refractivity (Wildman–Crippen MR) is 111 cm³/mol. The Morgan fingerprint density at radius 2 is 1.86 bits per heavy atom. The van der Waals surface area contributed by atoms with Gasteiger partial charge in [-0.3, -0.25) is 9.36 Å². The summed E-state index contributed by atoms with van der Waals surface area (Å²) < 4.78 is 7.12. The number of methoxy groups -OCH3 is 1. The van der Waals surface area contributed by atoms with E-state index >= 15 is 0 Å². The van der Waals surface area contributed by atoms with E-state index in [1.165, 1.54) is 11.8 Å². The van der Waals surface area contributed by atoms with Crippen LogP contribution in [-0.2, 0) is 4.79 Å². The monoisotopic (exact) mass is 416 g/mol. The molecule has 3 aromatic rings. The molecule has 1 atom stereocenters. The highest BCUT2D eigenvalue weighted by atomic mass is 35.5. The summed E-state index contributed by atoms with van der Waals surface area (Å²) in [4.78, 5) is 12.4. The quantitative estimate of drug-likeness (QED) is 0.584. The molecule has 0 aliphatic heterocycles. The Labute approximate surface area is 173 Å². The maximum absolute atomic E-state index is 12.4. The zero-order valence-corrected chi connectivity index (χ0v) is 17.4. The molecular weight excluding hydrogens is 396 g/mol. The zero-order valence-electron chi connectivity index (χ0n) is 15.8. The molecule has 0 aliphatic carbocycles. The smallest absolute Gasteiger partial charge is 0.230 e. The lowest BCUT2D eigenvalue weighted by Crippen LogP contribution is -2.28. The number of nitrogens with zero attached hydrogens (tertiary/aromatic N) is 3. The molecule has 0 radical (unpaired) electrons. The molecule has 3 rings (SSSR count). The number of ether oxygens (including phenoxy) is 1. The first-order chi connectivity index (χ1) is 13.5. The molecule has 0 saturated carbocycles. The second kappa shape index (κ2) is 9.12. The number of hydrogen-bond donors (Lipinski definition) is 1. The average molecular weight is 417 g/mol. The molecule has 0 fully saturated rings. The maximum atomic E-state index is 12.4. The Morgan fingerprint density at radius 3 is 2.50 bits per heavy atom. The van der Waals surface area contributed by atoms with Crippen molar-refractivity contribution >= 4 is 29.3 Å².